The van der Waals surface area contributed by atoms with E-state index in [1.807, 2.05) is 13.8 Å². The third-order valence-electron chi connectivity index (χ3n) is 2.29. The van der Waals surface area contributed by atoms with Crippen LogP contribution in [0.5, 0.6) is 0 Å². The summed E-state index contributed by atoms with van der Waals surface area (Å²) < 4.78 is 0.894. The largest absolute Gasteiger partial charge is 0.480 e. The summed E-state index contributed by atoms with van der Waals surface area (Å²) in [5.41, 5.74) is -1.05. The van der Waals surface area contributed by atoms with Crippen LogP contribution in [0.25, 0.3) is 0 Å². The fourth-order valence-corrected chi connectivity index (χ4v) is 2.59. The zero-order valence-electron chi connectivity index (χ0n) is 10.7. The van der Waals surface area contributed by atoms with Crippen molar-refractivity contribution in [2.75, 3.05) is 0 Å². The molecule has 0 aliphatic heterocycles. The first-order valence-corrected chi connectivity index (χ1v) is 6.39. The van der Waals surface area contributed by atoms with Crippen LogP contribution in [-0.2, 0) is 11.3 Å². The van der Waals surface area contributed by atoms with E-state index in [-0.39, 0.29) is 10.1 Å². The quantitative estimate of drug-likeness (QED) is 0.501. The number of rotatable bonds is 5. The van der Waals surface area contributed by atoms with Crippen molar-refractivity contribution in [3.8, 4) is 0 Å². The van der Waals surface area contributed by atoms with Crippen LogP contribution in [0.1, 0.15) is 19.5 Å². The lowest BCUT2D eigenvalue weighted by Gasteiger charge is -2.11. The van der Waals surface area contributed by atoms with Gasteiger partial charge in [0.2, 0.25) is 0 Å². The molecule has 0 spiro atoms. The van der Waals surface area contributed by atoms with E-state index in [1.165, 1.54) is 17.8 Å². The van der Waals surface area contributed by atoms with Crippen LogP contribution in [0.15, 0.2) is 15.8 Å². The van der Waals surface area contributed by atoms with E-state index in [4.69, 9.17) is 5.11 Å². The highest BCUT2D eigenvalue weighted by Crippen LogP contribution is 2.30. The molecule has 0 aliphatic carbocycles. The number of hydrogen-bond donors (Lipinski definition) is 1. The van der Waals surface area contributed by atoms with Gasteiger partial charge >= 0.3 is 17.2 Å². The number of pyridine rings is 1. The summed E-state index contributed by atoms with van der Waals surface area (Å²) in [6.45, 7) is 4.68. The van der Waals surface area contributed by atoms with Crippen molar-refractivity contribution in [3.63, 3.8) is 0 Å². The third kappa shape index (κ3) is 3.57. The van der Waals surface area contributed by atoms with Gasteiger partial charge in [-0.3, -0.25) is 24.3 Å². The van der Waals surface area contributed by atoms with Crippen LogP contribution in [0.2, 0.25) is 0 Å². The Hall–Kier alpha value is -1.83. The molecule has 0 bridgehead atoms. The second kappa shape index (κ2) is 5.87. The maximum absolute atomic E-state index is 12.0. The Bertz CT molecular complexity index is 579. The van der Waals surface area contributed by atoms with Gasteiger partial charge in [-0.2, -0.15) is 0 Å². The van der Waals surface area contributed by atoms with Gasteiger partial charge < -0.3 is 5.11 Å². The predicted molar refractivity (Wildman–Crippen MR) is 70.7 cm³/mol. The van der Waals surface area contributed by atoms with Gasteiger partial charge in [0.05, 0.1) is 9.82 Å². The molecule has 8 heteroatoms. The number of thioether (sulfide) groups is 1. The molecule has 0 aliphatic rings. The van der Waals surface area contributed by atoms with Crippen LogP contribution in [0.4, 0.5) is 5.69 Å². The van der Waals surface area contributed by atoms with Crippen molar-refractivity contribution in [1.29, 1.82) is 0 Å². The molecule has 1 heterocycles. The summed E-state index contributed by atoms with van der Waals surface area (Å²) in [4.78, 5) is 33.2. The second-order valence-electron chi connectivity index (χ2n) is 4.21. The van der Waals surface area contributed by atoms with Gasteiger partial charge in [-0.25, -0.2) is 0 Å². The molecule has 0 atom stereocenters. The number of carboxylic acids is 1. The highest BCUT2D eigenvalue weighted by atomic mass is 32.2. The summed E-state index contributed by atoms with van der Waals surface area (Å²) in [6.07, 6.45) is 0. The molecule has 19 heavy (non-hydrogen) atoms. The normalized spacial score (nSPS) is 10.7. The number of aromatic nitrogens is 1. The van der Waals surface area contributed by atoms with Crippen LogP contribution in [-0.4, -0.2) is 25.8 Å². The van der Waals surface area contributed by atoms with Gasteiger partial charge in [-0.1, -0.05) is 13.8 Å². The molecule has 0 saturated carbocycles. The summed E-state index contributed by atoms with van der Waals surface area (Å²) >= 11 is 1.21. The summed E-state index contributed by atoms with van der Waals surface area (Å²) in [5.74, 6) is -1.22. The lowest BCUT2D eigenvalue weighted by molar-refractivity contribution is -0.389. The van der Waals surface area contributed by atoms with E-state index >= 15 is 0 Å². The minimum atomic E-state index is -1.22. The third-order valence-corrected chi connectivity index (χ3v) is 3.32. The molecule has 0 amide bonds. The number of aryl methyl sites for hydroxylation is 1. The van der Waals surface area contributed by atoms with Crippen LogP contribution < -0.4 is 5.56 Å². The molecule has 0 unspecified atom stereocenters. The molecular weight excluding hydrogens is 272 g/mol. The van der Waals surface area contributed by atoms with Crippen molar-refractivity contribution >= 4 is 23.4 Å². The van der Waals surface area contributed by atoms with Gasteiger partial charge in [0.15, 0.2) is 0 Å². The summed E-state index contributed by atoms with van der Waals surface area (Å²) in [7, 11) is 0. The van der Waals surface area contributed by atoms with E-state index < -0.39 is 28.7 Å². The average molecular weight is 286 g/mol. The Labute approximate surface area is 113 Å². The monoisotopic (exact) mass is 286 g/mol. The minimum Gasteiger partial charge on any atom is -0.480 e. The standard InChI is InChI=1S/C11H14N2O5S/c1-6(2)19-8-4-7(3)12(5-9(14)15)11(16)10(8)13(17)18/h4,6H,5H2,1-3H3,(H,14,15). The minimum absolute atomic E-state index is 0.0767. The number of nitro groups is 1. The first kappa shape index (κ1) is 15.2. The highest BCUT2D eigenvalue weighted by molar-refractivity contribution is 8.00. The Morgan fingerprint density at radius 1 is 1.58 bits per heavy atom. The fourth-order valence-electron chi connectivity index (χ4n) is 1.57. The number of nitrogens with zero attached hydrogens (tertiary/aromatic N) is 2. The molecule has 1 aromatic rings. The average Bonchev–Trinajstić information content (AvgIpc) is 2.22. The van der Waals surface area contributed by atoms with Crippen molar-refractivity contribution in [2.45, 2.75) is 37.5 Å². The van der Waals surface area contributed by atoms with Crippen molar-refractivity contribution in [1.82, 2.24) is 4.57 Å². The van der Waals surface area contributed by atoms with Crippen molar-refractivity contribution < 1.29 is 14.8 Å². The van der Waals surface area contributed by atoms with Crippen molar-refractivity contribution in [2.24, 2.45) is 0 Å². The predicted octanol–water partition coefficient (Wildman–Crippen LogP) is 1.65. The van der Waals surface area contributed by atoms with Crippen LogP contribution in [0.3, 0.4) is 0 Å². The lowest BCUT2D eigenvalue weighted by atomic mass is 10.3. The van der Waals surface area contributed by atoms with Gasteiger partial charge in [0, 0.05) is 10.9 Å². The molecule has 0 aromatic carbocycles. The van der Waals surface area contributed by atoms with Crippen LogP contribution >= 0.6 is 11.8 Å². The molecule has 1 rings (SSSR count). The lowest BCUT2D eigenvalue weighted by Crippen LogP contribution is -2.28. The molecule has 7 nitrogen and oxygen atoms in total. The van der Waals surface area contributed by atoms with Gasteiger partial charge in [0.1, 0.15) is 6.54 Å². The topological polar surface area (TPSA) is 102 Å². The van der Waals surface area contributed by atoms with Gasteiger partial charge in [-0.05, 0) is 13.0 Å². The Kier molecular flexibility index (Phi) is 4.71. The molecule has 1 N–H and O–H groups in total. The van der Waals surface area contributed by atoms with E-state index in [1.54, 1.807) is 6.92 Å². The maximum Gasteiger partial charge on any atom is 0.347 e. The van der Waals surface area contributed by atoms with E-state index in [9.17, 15) is 19.7 Å². The van der Waals surface area contributed by atoms with Gasteiger partial charge in [0.25, 0.3) is 0 Å². The second-order valence-corrected chi connectivity index (χ2v) is 5.83. The molecule has 0 saturated heterocycles. The molecule has 104 valence electrons. The number of carboxylic acid groups (broad SMARTS) is 1. The molecule has 0 radical (unpaired) electrons. The van der Waals surface area contributed by atoms with Crippen LogP contribution in [0, 0.1) is 17.0 Å². The zero-order chi connectivity index (χ0) is 14.7. The van der Waals surface area contributed by atoms with E-state index in [0.29, 0.717) is 5.69 Å². The number of aliphatic carboxylic acids is 1. The zero-order valence-corrected chi connectivity index (χ0v) is 11.6. The Morgan fingerprint density at radius 3 is 2.58 bits per heavy atom. The fraction of sp³-hybridized carbons (Fsp3) is 0.455. The molecule has 1 aromatic heterocycles. The smallest absolute Gasteiger partial charge is 0.347 e. The highest BCUT2D eigenvalue weighted by Gasteiger charge is 2.24. The van der Waals surface area contributed by atoms with Crippen molar-refractivity contribution in [3.05, 3.63) is 32.2 Å². The number of carbonyl (C=O) groups is 1. The summed E-state index contributed by atoms with van der Waals surface area (Å²) in [5, 5.41) is 19.8. The summed E-state index contributed by atoms with van der Waals surface area (Å²) in [6, 6.07) is 1.48. The number of hydrogen-bond acceptors (Lipinski definition) is 5. The maximum atomic E-state index is 12.0. The SMILES string of the molecule is Cc1cc(SC(C)C)c([N+](=O)[O-])c(=O)n1CC(=O)O. The first-order chi connectivity index (χ1) is 8.73. The first-order valence-electron chi connectivity index (χ1n) is 5.51. The Balaban J connectivity index is 3.50. The van der Waals surface area contributed by atoms with E-state index in [2.05, 4.69) is 0 Å². The van der Waals surface area contributed by atoms with E-state index in [0.717, 1.165) is 4.57 Å². The van der Waals surface area contributed by atoms with Gasteiger partial charge in [-0.15, -0.1) is 11.8 Å². The molecule has 0 fully saturated rings. The Morgan fingerprint density at radius 2 is 2.16 bits per heavy atom. The molecular formula is C11H14N2O5S.